The Bertz CT molecular complexity index is 949. The Morgan fingerprint density at radius 1 is 1.24 bits per heavy atom. The zero-order valence-corrected chi connectivity index (χ0v) is 16.2. The Hall–Kier alpha value is -3.79. The number of anilines is 2. The van der Waals surface area contributed by atoms with Gasteiger partial charge in [0.1, 0.15) is 0 Å². The van der Waals surface area contributed by atoms with E-state index in [4.69, 9.17) is 6.42 Å². The molecule has 1 saturated heterocycles. The van der Waals surface area contributed by atoms with Crippen LogP contribution in [0.1, 0.15) is 12.0 Å². The third-order valence-electron chi connectivity index (χ3n) is 4.49. The van der Waals surface area contributed by atoms with Crippen molar-refractivity contribution in [2.24, 2.45) is 4.99 Å². The minimum Gasteiger partial charge on any atom is -0.351 e. The molecule has 1 aliphatic heterocycles. The van der Waals surface area contributed by atoms with Crippen LogP contribution in [0.5, 0.6) is 0 Å². The topological polar surface area (TPSA) is 85.8 Å². The Kier molecular flexibility index (Phi) is 6.48. The summed E-state index contributed by atoms with van der Waals surface area (Å²) in [7, 11) is 1.62. The monoisotopic (exact) mass is 389 g/mol. The summed E-state index contributed by atoms with van der Waals surface area (Å²) in [6.45, 7) is 0.567. The van der Waals surface area contributed by atoms with Gasteiger partial charge in [-0.3, -0.25) is 14.6 Å². The number of nitrogens with one attached hydrogen (secondary N) is 3. The highest BCUT2D eigenvalue weighted by atomic mass is 16.2. The van der Waals surface area contributed by atoms with E-state index in [0.29, 0.717) is 30.2 Å². The highest BCUT2D eigenvalue weighted by Gasteiger charge is 2.31. The minimum absolute atomic E-state index is 0.0308. The number of carbonyl (C=O) groups is 2. The van der Waals surface area contributed by atoms with Gasteiger partial charge in [0.25, 0.3) is 0 Å². The SMILES string of the molecule is C#Cc1cccc(NC(=O)CNC(=NC)NC2CC(=O)N(c3ccccc3)C2)c1. The van der Waals surface area contributed by atoms with Crippen molar-refractivity contribution in [2.75, 3.05) is 30.4 Å². The molecular formula is C22H23N5O2. The standard InChI is InChI=1S/C22H23N5O2/c1-3-16-8-7-9-17(12-16)25-20(28)14-24-22(23-2)26-18-13-21(29)27(15-18)19-10-5-4-6-11-19/h1,4-12,18H,13-15H2,2H3,(H,25,28)(H2,23,24,26). The van der Waals surface area contributed by atoms with Crippen molar-refractivity contribution in [3.63, 3.8) is 0 Å². The summed E-state index contributed by atoms with van der Waals surface area (Å²) >= 11 is 0. The second-order valence-corrected chi connectivity index (χ2v) is 6.58. The maximum absolute atomic E-state index is 12.3. The van der Waals surface area contributed by atoms with Crippen LogP contribution in [0.25, 0.3) is 0 Å². The Labute approximate surface area is 170 Å². The van der Waals surface area contributed by atoms with E-state index in [1.54, 1.807) is 36.2 Å². The molecule has 1 heterocycles. The van der Waals surface area contributed by atoms with Crippen molar-refractivity contribution in [1.29, 1.82) is 0 Å². The van der Waals surface area contributed by atoms with Gasteiger partial charge in [-0.2, -0.15) is 0 Å². The summed E-state index contributed by atoms with van der Waals surface area (Å²) in [6, 6.07) is 16.5. The molecule has 2 aromatic rings. The van der Waals surface area contributed by atoms with E-state index in [9.17, 15) is 9.59 Å². The Balaban J connectivity index is 1.50. The van der Waals surface area contributed by atoms with Crippen LogP contribution in [-0.2, 0) is 9.59 Å². The van der Waals surface area contributed by atoms with Crippen molar-refractivity contribution < 1.29 is 9.59 Å². The first-order chi connectivity index (χ1) is 14.1. The van der Waals surface area contributed by atoms with Crippen LogP contribution in [0.2, 0.25) is 0 Å². The van der Waals surface area contributed by atoms with E-state index in [1.807, 2.05) is 30.3 Å². The molecule has 7 heteroatoms. The highest BCUT2D eigenvalue weighted by molar-refractivity contribution is 5.98. The molecule has 0 saturated carbocycles. The summed E-state index contributed by atoms with van der Waals surface area (Å²) in [5.74, 6) is 2.82. The third-order valence-corrected chi connectivity index (χ3v) is 4.49. The number of nitrogens with zero attached hydrogens (tertiary/aromatic N) is 2. The molecule has 1 aliphatic rings. The van der Waals surface area contributed by atoms with Crippen molar-refractivity contribution in [3.05, 3.63) is 60.2 Å². The van der Waals surface area contributed by atoms with Gasteiger partial charge in [0, 0.05) is 37.0 Å². The summed E-state index contributed by atoms with van der Waals surface area (Å²) < 4.78 is 0. The average molecular weight is 389 g/mol. The number of hydrogen-bond acceptors (Lipinski definition) is 3. The van der Waals surface area contributed by atoms with Crippen molar-refractivity contribution in [1.82, 2.24) is 10.6 Å². The molecule has 7 nitrogen and oxygen atoms in total. The number of terminal acetylenes is 1. The Morgan fingerprint density at radius 2 is 2.03 bits per heavy atom. The van der Waals surface area contributed by atoms with Crippen molar-refractivity contribution in [2.45, 2.75) is 12.5 Å². The number of guanidine groups is 1. The summed E-state index contributed by atoms with van der Waals surface area (Å²) in [5.41, 5.74) is 2.20. The van der Waals surface area contributed by atoms with E-state index < -0.39 is 0 Å². The maximum atomic E-state index is 12.3. The largest absolute Gasteiger partial charge is 0.351 e. The molecule has 0 aromatic heterocycles. The van der Waals surface area contributed by atoms with E-state index in [0.717, 1.165) is 5.69 Å². The van der Waals surface area contributed by atoms with E-state index in [2.05, 4.69) is 26.9 Å². The normalized spacial score (nSPS) is 16.3. The molecule has 2 aromatic carbocycles. The molecule has 0 radical (unpaired) electrons. The lowest BCUT2D eigenvalue weighted by atomic mass is 10.2. The van der Waals surface area contributed by atoms with E-state index >= 15 is 0 Å². The minimum atomic E-state index is -0.226. The van der Waals surface area contributed by atoms with Crippen LogP contribution in [0.4, 0.5) is 11.4 Å². The van der Waals surface area contributed by atoms with Gasteiger partial charge >= 0.3 is 0 Å². The summed E-state index contributed by atoms with van der Waals surface area (Å²) in [5, 5.41) is 8.96. The fourth-order valence-corrected chi connectivity index (χ4v) is 3.11. The number of rotatable bonds is 5. The van der Waals surface area contributed by atoms with Gasteiger partial charge in [0.2, 0.25) is 11.8 Å². The quantitative estimate of drug-likeness (QED) is 0.412. The zero-order valence-electron chi connectivity index (χ0n) is 16.2. The predicted molar refractivity (Wildman–Crippen MR) is 115 cm³/mol. The predicted octanol–water partition coefficient (Wildman–Crippen LogP) is 1.58. The average Bonchev–Trinajstić information content (AvgIpc) is 3.11. The smallest absolute Gasteiger partial charge is 0.243 e. The summed E-state index contributed by atoms with van der Waals surface area (Å²) in [6.07, 6.45) is 5.74. The van der Waals surface area contributed by atoms with Crippen LogP contribution < -0.4 is 20.9 Å². The molecule has 0 spiro atoms. The number of aliphatic imine (C=N–C) groups is 1. The molecule has 0 aliphatic carbocycles. The number of para-hydroxylation sites is 1. The second kappa shape index (κ2) is 9.42. The van der Waals surface area contributed by atoms with Gasteiger partial charge in [0.15, 0.2) is 5.96 Å². The molecular weight excluding hydrogens is 366 g/mol. The van der Waals surface area contributed by atoms with Crippen LogP contribution in [0.3, 0.4) is 0 Å². The molecule has 2 amide bonds. The van der Waals surface area contributed by atoms with Crippen LogP contribution >= 0.6 is 0 Å². The van der Waals surface area contributed by atoms with E-state index in [1.165, 1.54) is 0 Å². The number of benzene rings is 2. The van der Waals surface area contributed by atoms with Crippen LogP contribution in [0.15, 0.2) is 59.6 Å². The molecule has 0 bridgehead atoms. The fourth-order valence-electron chi connectivity index (χ4n) is 3.11. The molecule has 3 rings (SSSR count). The van der Waals surface area contributed by atoms with Crippen LogP contribution in [-0.4, -0.2) is 44.0 Å². The summed E-state index contributed by atoms with van der Waals surface area (Å²) in [4.78, 5) is 30.4. The zero-order chi connectivity index (χ0) is 20.6. The number of carbonyl (C=O) groups excluding carboxylic acids is 2. The van der Waals surface area contributed by atoms with Gasteiger partial charge in [0.05, 0.1) is 12.6 Å². The van der Waals surface area contributed by atoms with Gasteiger partial charge in [-0.15, -0.1) is 6.42 Å². The first-order valence-corrected chi connectivity index (χ1v) is 9.28. The lowest BCUT2D eigenvalue weighted by Crippen LogP contribution is -2.46. The Morgan fingerprint density at radius 3 is 2.76 bits per heavy atom. The molecule has 148 valence electrons. The lowest BCUT2D eigenvalue weighted by Gasteiger charge is -2.19. The number of amides is 2. The van der Waals surface area contributed by atoms with Gasteiger partial charge in [-0.25, -0.2) is 0 Å². The number of hydrogen-bond donors (Lipinski definition) is 3. The second-order valence-electron chi connectivity index (χ2n) is 6.58. The first-order valence-electron chi connectivity index (χ1n) is 9.28. The lowest BCUT2D eigenvalue weighted by molar-refractivity contribution is -0.117. The maximum Gasteiger partial charge on any atom is 0.243 e. The molecule has 1 unspecified atom stereocenters. The van der Waals surface area contributed by atoms with E-state index in [-0.39, 0.29) is 24.4 Å². The third kappa shape index (κ3) is 5.36. The molecule has 29 heavy (non-hydrogen) atoms. The van der Waals surface area contributed by atoms with Crippen molar-refractivity contribution in [3.8, 4) is 12.3 Å². The van der Waals surface area contributed by atoms with Crippen molar-refractivity contribution >= 4 is 29.1 Å². The fraction of sp³-hybridized carbons (Fsp3) is 0.227. The highest BCUT2D eigenvalue weighted by Crippen LogP contribution is 2.20. The molecule has 1 atom stereocenters. The van der Waals surface area contributed by atoms with Crippen LogP contribution in [0, 0.1) is 12.3 Å². The first kappa shape index (κ1) is 20.0. The van der Waals surface area contributed by atoms with Gasteiger partial charge in [-0.05, 0) is 30.3 Å². The van der Waals surface area contributed by atoms with Gasteiger partial charge < -0.3 is 20.9 Å². The van der Waals surface area contributed by atoms with Gasteiger partial charge in [-0.1, -0.05) is 30.2 Å². The molecule has 1 fully saturated rings. The molecule has 3 N–H and O–H groups in total.